The summed E-state index contributed by atoms with van der Waals surface area (Å²) < 4.78 is 0. The Kier molecular flexibility index (Phi) is 5.11. The summed E-state index contributed by atoms with van der Waals surface area (Å²) in [6.45, 7) is 7.36. The van der Waals surface area contributed by atoms with Gasteiger partial charge in [0.1, 0.15) is 17.5 Å². The highest BCUT2D eigenvalue weighted by molar-refractivity contribution is 5.58. The SMILES string of the molecule is CCCN(CCO)c1nc(C)nc(NN)c1C. The van der Waals surface area contributed by atoms with E-state index in [0.29, 0.717) is 18.2 Å². The number of hydrogen-bond donors (Lipinski definition) is 3. The van der Waals surface area contributed by atoms with Gasteiger partial charge in [-0.2, -0.15) is 0 Å². The van der Waals surface area contributed by atoms with Crippen molar-refractivity contribution in [1.82, 2.24) is 9.97 Å². The average molecular weight is 239 g/mol. The first-order chi connectivity index (χ1) is 8.13. The summed E-state index contributed by atoms with van der Waals surface area (Å²) in [5, 5.41) is 9.09. The van der Waals surface area contributed by atoms with Crippen molar-refractivity contribution in [2.45, 2.75) is 27.2 Å². The Morgan fingerprint density at radius 1 is 1.29 bits per heavy atom. The average Bonchev–Trinajstić information content (AvgIpc) is 2.31. The van der Waals surface area contributed by atoms with Crippen molar-refractivity contribution in [3.8, 4) is 0 Å². The molecule has 1 rings (SSSR count). The highest BCUT2D eigenvalue weighted by Gasteiger charge is 2.14. The van der Waals surface area contributed by atoms with Gasteiger partial charge in [0.25, 0.3) is 0 Å². The molecule has 0 aliphatic rings. The maximum absolute atomic E-state index is 9.09. The van der Waals surface area contributed by atoms with Crippen LogP contribution in [0.15, 0.2) is 0 Å². The molecule has 0 radical (unpaired) electrons. The zero-order chi connectivity index (χ0) is 12.8. The Balaban J connectivity index is 3.12. The number of nitrogen functional groups attached to an aromatic ring is 1. The summed E-state index contributed by atoms with van der Waals surface area (Å²) in [5.74, 6) is 7.56. The zero-order valence-electron chi connectivity index (χ0n) is 10.7. The molecule has 1 aromatic heterocycles. The number of rotatable bonds is 6. The monoisotopic (exact) mass is 239 g/mol. The van der Waals surface area contributed by atoms with Crippen LogP contribution in [0.3, 0.4) is 0 Å². The lowest BCUT2D eigenvalue weighted by atomic mass is 10.2. The Morgan fingerprint density at radius 2 is 2.00 bits per heavy atom. The van der Waals surface area contributed by atoms with Crippen LogP contribution in [0.5, 0.6) is 0 Å². The number of nitrogens with two attached hydrogens (primary N) is 1. The van der Waals surface area contributed by atoms with Crippen LogP contribution in [0.1, 0.15) is 24.7 Å². The summed E-state index contributed by atoms with van der Waals surface area (Å²) in [7, 11) is 0. The van der Waals surface area contributed by atoms with Crippen LogP contribution in [0.25, 0.3) is 0 Å². The molecule has 0 atom stereocenters. The molecule has 17 heavy (non-hydrogen) atoms. The van der Waals surface area contributed by atoms with Gasteiger partial charge in [-0.3, -0.25) is 0 Å². The fraction of sp³-hybridized carbons (Fsp3) is 0.636. The molecule has 0 amide bonds. The largest absolute Gasteiger partial charge is 0.395 e. The van der Waals surface area contributed by atoms with Crippen molar-refractivity contribution in [2.24, 2.45) is 5.84 Å². The first-order valence-corrected chi connectivity index (χ1v) is 5.81. The number of hydrazine groups is 1. The number of nitrogens with one attached hydrogen (secondary N) is 1. The van der Waals surface area contributed by atoms with E-state index >= 15 is 0 Å². The van der Waals surface area contributed by atoms with Crippen LogP contribution < -0.4 is 16.2 Å². The van der Waals surface area contributed by atoms with Gasteiger partial charge in [0.05, 0.1) is 6.61 Å². The molecular formula is C11H21N5O. The molecule has 0 saturated heterocycles. The summed E-state index contributed by atoms with van der Waals surface area (Å²) in [5.41, 5.74) is 3.48. The highest BCUT2D eigenvalue weighted by Crippen LogP contribution is 2.22. The molecule has 0 aliphatic heterocycles. The van der Waals surface area contributed by atoms with E-state index in [0.717, 1.165) is 24.3 Å². The molecule has 0 aliphatic carbocycles. The lowest BCUT2D eigenvalue weighted by Gasteiger charge is -2.24. The molecule has 0 aromatic carbocycles. The lowest BCUT2D eigenvalue weighted by molar-refractivity contribution is 0.301. The van der Waals surface area contributed by atoms with Crippen LogP contribution in [0.4, 0.5) is 11.6 Å². The predicted molar refractivity (Wildman–Crippen MR) is 68.9 cm³/mol. The molecule has 0 spiro atoms. The zero-order valence-corrected chi connectivity index (χ0v) is 10.7. The molecule has 1 aromatic rings. The predicted octanol–water partition coefficient (Wildman–Crippen LogP) is 0.588. The lowest BCUT2D eigenvalue weighted by Crippen LogP contribution is -2.30. The Bertz CT molecular complexity index is 363. The summed E-state index contributed by atoms with van der Waals surface area (Å²) >= 11 is 0. The van der Waals surface area contributed by atoms with Gasteiger partial charge in [-0.25, -0.2) is 15.8 Å². The number of anilines is 2. The normalized spacial score (nSPS) is 10.4. The second kappa shape index (κ2) is 6.36. The van der Waals surface area contributed by atoms with E-state index in [1.54, 1.807) is 0 Å². The fourth-order valence-electron chi connectivity index (χ4n) is 1.78. The molecule has 1 heterocycles. The fourth-order valence-corrected chi connectivity index (χ4v) is 1.78. The molecule has 0 unspecified atom stereocenters. The van der Waals surface area contributed by atoms with Crippen LogP contribution in [0, 0.1) is 13.8 Å². The summed E-state index contributed by atoms with van der Waals surface area (Å²) in [4.78, 5) is 10.7. The third-order valence-electron chi connectivity index (χ3n) is 2.53. The number of nitrogens with zero attached hydrogens (tertiary/aromatic N) is 3. The third-order valence-corrected chi connectivity index (χ3v) is 2.53. The van der Waals surface area contributed by atoms with Crippen molar-refractivity contribution in [1.29, 1.82) is 0 Å². The molecule has 6 heteroatoms. The number of hydrogen-bond acceptors (Lipinski definition) is 6. The van der Waals surface area contributed by atoms with Gasteiger partial charge < -0.3 is 15.4 Å². The number of aliphatic hydroxyl groups is 1. The standard InChI is InChI=1S/C11H21N5O/c1-4-5-16(6-7-17)11-8(2)10(15-12)13-9(3)14-11/h17H,4-7,12H2,1-3H3,(H,13,14,15). The van der Waals surface area contributed by atoms with E-state index in [1.807, 2.05) is 18.7 Å². The maximum atomic E-state index is 9.09. The van der Waals surface area contributed by atoms with Gasteiger partial charge >= 0.3 is 0 Å². The van der Waals surface area contributed by atoms with Crippen LogP contribution in [-0.2, 0) is 0 Å². The second-order valence-corrected chi connectivity index (χ2v) is 3.92. The van der Waals surface area contributed by atoms with E-state index in [1.165, 1.54) is 0 Å². The van der Waals surface area contributed by atoms with Crippen molar-refractivity contribution in [3.05, 3.63) is 11.4 Å². The van der Waals surface area contributed by atoms with Crippen LogP contribution in [-0.4, -0.2) is 34.8 Å². The van der Waals surface area contributed by atoms with E-state index < -0.39 is 0 Å². The second-order valence-electron chi connectivity index (χ2n) is 3.92. The van der Waals surface area contributed by atoms with Crippen molar-refractivity contribution in [2.75, 3.05) is 30.0 Å². The van der Waals surface area contributed by atoms with Gasteiger partial charge in [-0.15, -0.1) is 0 Å². The molecular weight excluding hydrogens is 218 g/mol. The minimum absolute atomic E-state index is 0.105. The van der Waals surface area contributed by atoms with Crippen LogP contribution in [0.2, 0.25) is 0 Å². The van der Waals surface area contributed by atoms with E-state index in [-0.39, 0.29) is 6.61 Å². The van der Waals surface area contributed by atoms with E-state index in [4.69, 9.17) is 10.9 Å². The van der Waals surface area contributed by atoms with Crippen molar-refractivity contribution in [3.63, 3.8) is 0 Å². The maximum Gasteiger partial charge on any atom is 0.148 e. The smallest absolute Gasteiger partial charge is 0.148 e. The van der Waals surface area contributed by atoms with Gasteiger partial charge in [-0.1, -0.05) is 6.92 Å². The highest BCUT2D eigenvalue weighted by atomic mass is 16.3. The molecule has 0 bridgehead atoms. The molecule has 0 saturated carbocycles. The topological polar surface area (TPSA) is 87.3 Å². The van der Waals surface area contributed by atoms with Gasteiger partial charge in [0.15, 0.2) is 0 Å². The van der Waals surface area contributed by atoms with Gasteiger partial charge in [0, 0.05) is 18.7 Å². The number of aryl methyl sites for hydroxylation is 1. The summed E-state index contributed by atoms with van der Waals surface area (Å²) in [6, 6.07) is 0. The Labute approximate surface area is 102 Å². The van der Waals surface area contributed by atoms with E-state index in [2.05, 4.69) is 22.3 Å². The molecule has 4 N–H and O–H groups in total. The number of aliphatic hydroxyl groups excluding tert-OH is 1. The van der Waals surface area contributed by atoms with Crippen molar-refractivity contribution >= 4 is 11.6 Å². The minimum Gasteiger partial charge on any atom is -0.395 e. The minimum atomic E-state index is 0.105. The van der Waals surface area contributed by atoms with Gasteiger partial charge in [0.2, 0.25) is 0 Å². The molecule has 0 fully saturated rings. The van der Waals surface area contributed by atoms with Crippen molar-refractivity contribution < 1.29 is 5.11 Å². The van der Waals surface area contributed by atoms with Crippen LogP contribution >= 0.6 is 0 Å². The number of aromatic nitrogens is 2. The van der Waals surface area contributed by atoms with Gasteiger partial charge in [-0.05, 0) is 20.3 Å². The first kappa shape index (κ1) is 13.7. The Hall–Kier alpha value is -1.40. The third kappa shape index (κ3) is 3.28. The molecule has 6 nitrogen and oxygen atoms in total. The summed E-state index contributed by atoms with van der Waals surface area (Å²) in [6.07, 6.45) is 0.994. The Morgan fingerprint density at radius 3 is 2.53 bits per heavy atom. The molecule has 96 valence electrons. The quantitative estimate of drug-likeness (QED) is 0.497. The van der Waals surface area contributed by atoms with E-state index in [9.17, 15) is 0 Å². The first-order valence-electron chi connectivity index (χ1n) is 5.81.